The Morgan fingerprint density at radius 1 is 1.31 bits per heavy atom. The lowest BCUT2D eigenvalue weighted by molar-refractivity contribution is -0.126. The highest BCUT2D eigenvalue weighted by Crippen LogP contribution is 2.27. The number of aryl methyl sites for hydroxylation is 1. The molecule has 1 aromatic carbocycles. The topological polar surface area (TPSA) is 88.6 Å². The molecular weight excluding hydrogens is 390 g/mol. The van der Waals surface area contributed by atoms with E-state index in [0.29, 0.717) is 38.3 Å². The first-order valence-electron chi connectivity index (χ1n) is 9.83. The van der Waals surface area contributed by atoms with Gasteiger partial charge in [-0.25, -0.2) is 8.42 Å². The molecule has 1 atom stereocenters. The van der Waals surface area contributed by atoms with E-state index in [-0.39, 0.29) is 23.3 Å². The molecule has 0 radical (unpaired) electrons. The van der Waals surface area contributed by atoms with Crippen LogP contribution in [0.3, 0.4) is 0 Å². The number of carbonyl (C=O) groups is 1. The maximum atomic E-state index is 13.1. The largest absolute Gasteiger partial charge is 0.494 e. The highest BCUT2D eigenvalue weighted by Gasteiger charge is 2.33. The second kappa shape index (κ2) is 9.37. The van der Waals surface area contributed by atoms with Crippen molar-refractivity contribution >= 4 is 15.9 Å². The van der Waals surface area contributed by atoms with Crippen molar-refractivity contribution in [2.75, 3.05) is 19.7 Å². The van der Waals surface area contributed by atoms with Crippen LogP contribution in [0.4, 0.5) is 0 Å². The first-order valence-corrected chi connectivity index (χ1v) is 11.3. The molecule has 156 valence electrons. The number of hydrogen-bond acceptors (Lipinski definition) is 5. The molecule has 1 fully saturated rings. The van der Waals surface area contributed by atoms with E-state index >= 15 is 0 Å². The summed E-state index contributed by atoms with van der Waals surface area (Å²) in [5, 5.41) is 2.87. The number of nitrogens with one attached hydrogen (secondary N) is 1. The minimum Gasteiger partial charge on any atom is -0.494 e. The van der Waals surface area contributed by atoms with E-state index < -0.39 is 10.0 Å². The summed E-state index contributed by atoms with van der Waals surface area (Å²) in [5.74, 6) is 0.168. The summed E-state index contributed by atoms with van der Waals surface area (Å²) in [6.07, 6.45) is 2.99. The Bertz CT molecular complexity index is 948. The number of hydrogen-bond donors (Lipinski definition) is 1. The predicted molar refractivity (Wildman–Crippen MR) is 110 cm³/mol. The fourth-order valence-corrected chi connectivity index (χ4v) is 5.06. The quantitative estimate of drug-likeness (QED) is 0.748. The van der Waals surface area contributed by atoms with Gasteiger partial charge in [-0.15, -0.1) is 0 Å². The summed E-state index contributed by atoms with van der Waals surface area (Å²) >= 11 is 0. The third-order valence-corrected chi connectivity index (χ3v) is 6.87. The van der Waals surface area contributed by atoms with Gasteiger partial charge in [0.15, 0.2) is 0 Å². The summed E-state index contributed by atoms with van der Waals surface area (Å²) in [4.78, 5) is 17.0. The van der Waals surface area contributed by atoms with Crippen molar-refractivity contribution in [3.63, 3.8) is 0 Å². The molecule has 1 amide bonds. The number of ether oxygens (including phenoxy) is 1. The van der Waals surface area contributed by atoms with Crippen molar-refractivity contribution in [1.29, 1.82) is 0 Å². The van der Waals surface area contributed by atoms with Crippen molar-refractivity contribution in [1.82, 2.24) is 14.6 Å². The molecule has 0 spiro atoms. The summed E-state index contributed by atoms with van der Waals surface area (Å²) in [5.41, 5.74) is 1.54. The maximum Gasteiger partial charge on any atom is 0.243 e. The van der Waals surface area contributed by atoms with Crippen molar-refractivity contribution < 1.29 is 17.9 Å². The Kier molecular flexibility index (Phi) is 6.87. The second-order valence-corrected chi connectivity index (χ2v) is 9.04. The van der Waals surface area contributed by atoms with Gasteiger partial charge in [-0.1, -0.05) is 6.07 Å². The lowest BCUT2D eigenvalue weighted by Crippen LogP contribution is -2.45. The Hall–Kier alpha value is -2.45. The van der Waals surface area contributed by atoms with Gasteiger partial charge in [0.05, 0.1) is 29.7 Å². The van der Waals surface area contributed by atoms with E-state index in [4.69, 9.17) is 4.74 Å². The number of sulfonamides is 1. The van der Waals surface area contributed by atoms with Crippen LogP contribution in [0.5, 0.6) is 5.75 Å². The van der Waals surface area contributed by atoms with Gasteiger partial charge in [0.2, 0.25) is 15.9 Å². The Morgan fingerprint density at radius 3 is 2.83 bits per heavy atom. The predicted octanol–water partition coefficient (Wildman–Crippen LogP) is 2.51. The van der Waals surface area contributed by atoms with E-state index in [1.54, 1.807) is 24.4 Å². The van der Waals surface area contributed by atoms with Crippen LogP contribution in [0.1, 0.15) is 31.0 Å². The van der Waals surface area contributed by atoms with Gasteiger partial charge in [0, 0.05) is 19.3 Å². The average molecular weight is 418 g/mol. The standard InChI is InChI=1S/C21H27N3O4S/c1-3-28-20-10-9-19(13-16(20)2)29(26,27)24-12-6-7-17(15-24)21(25)23-14-18-8-4-5-11-22-18/h4-5,8-11,13,17H,3,6-7,12,14-15H2,1-2H3,(H,23,25)/t17-/m0/s1. The van der Waals surface area contributed by atoms with Crippen LogP contribution < -0.4 is 10.1 Å². The van der Waals surface area contributed by atoms with Crippen LogP contribution in [0.25, 0.3) is 0 Å². The number of amides is 1. The molecule has 1 saturated heterocycles. The van der Waals surface area contributed by atoms with Crippen molar-refractivity contribution in [2.24, 2.45) is 5.92 Å². The van der Waals surface area contributed by atoms with Crippen LogP contribution in [0.15, 0.2) is 47.5 Å². The van der Waals surface area contributed by atoms with Gasteiger partial charge < -0.3 is 10.1 Å². The first-order chi connectivity index (χ1) is 13.9. The summed E-state index contributed by atoms with van der Waals surface area (Å²) in [7, 11) is -3.66. The fourth-order valence-electron chi connectivity index (χ4n) is 3.45. The number of benzene rings is 1. The zero-order valence-electron chi connectivity index (χ0n) is 16.8. The van der Waals surface area contributed by atoms with Crippen molar-refractivity contribution in [3.05, 3.63) is 53.9 Å². The molecule has 1 N–H and O–H groups in total. The molecule has 0 saturated carbocycles. The molecule has 0 unspecified atom stereocenters. The Balaban J connectivity index is 1.67. The smallest absolute Gasteiger partial charge is 0.243 e. The Labute approximate surface area is 172 Å². The molecular formula is C21H27N3O4S. The SMILES string of the molecule is CCOc1ccc(S(=O)(=O)N2CCC[C@H](C(=O)NCc3ccccn3)C2)cc1C. The molecule has 3 rings (SSSR count). The third kappa shape index (κ3) is 5.13. The number of pyridine rings is 1. The summed E-state index contributed by atoms with van der Waals surface area (Å²) in [6.45, 7) is 5.17. The van der Waals surface area contributed by atoms with E-state index in [0.717, 1.165) is 11.3 Å². The molecule has 0 bridgehead atoms. The zero-order valence-corrected chi connectivity index (χ0v) is 17.6. The third-order valence-electron chi connectivity index (χ3n) is 5.01. The van der Waals surface area contributed by atoms with Crippen LogP contribution in [-0.4, -0.2) is 43.3 Å². The number of carbonyl (C=O) groups excluding carboxylic acids is 1. The van der Waals surface area contributed by atoms with Gasteiger partial charge in [-0.05, 0) is 62.6 Å². The molecule has 1 aromatic heterocycles. The Morgan fingerprint density at radius 2 is 2.14 bits per heavy atom. The van der Waals surface area contributed by atoms with Crippen LogP contribution in [-0.2, 0) is 21.4 Å². The number of nitrogens with zero attached hydrogens (tertiary/aromatic N) is 2. The van der Waals surface area contributed by atoms with Gasteiger partial charge in [0.1, 0.15) is 5.75 Å². The normalized spacial score (nSPS) is 17.7. The lowest BCUT2D eigenvalue weighted by atomic mass is 9.99. The summed E-state index contributed by atoms with van der Waals surface area (Å²) < 4.78 is 33.1. The number of aromatic nitrogens is 1. The number of piperidine rings is 1. The van der Waals surface area contributed by atoms with Gasteiger partial charge in [-0.2, -0.15) is 4.31 Å². The zero-order chi connectivity index (χ0) is 20.9. The molecule has 7 nitrogen and oxygen atoms in total. The minimum atomic E-state index is -3.66. The molecule has 1 aliphatic rings. The van der Waals surface area contributed by atoms with E-state index in [1.807, 2.05) is 32.0 Å². The first kappa shape index (κ1) is 21.3. The molecule has 2 aromatic rings. The monoisotopic (exact) mass is 417 g/mol. The molecule has 8 heteroatoms. The lowest BCUT2D eigenvalue weighted by Gasteiger charge is -2.31. The average Bonchev–Trinajstić information content (AvgIpc) is 2.74. The van der Waals surface area contributed by atoms with Crippen molar-refractivity contribution in [3.8, 4) is 5.75 Å². The second-order valence-electron chi connectivity index (χ2n) is 7.10. The molecule has 0 aliphatic carbocycles. The minimum absolute atomic E-state index is 0.140. The van der Waals surface area contributed by atoms with Gasteiger partial charge in [-0.3, -0.25) is 9.78 Å². The molecule has 1 aliphatic heterocycles. The van der Waals surface area contributed by atoms with E-state index in [1.165, 1.54) is 4.31 Å². The highest BCUT2D eigenvalue weighted by molar-refractivity contribution is 7.89. The molecule has 2 heterocycles. The van der Waals surface area contributed by atoms with Gasteiger partial charge in [0.25, 0.3) is 0 Å². The van der Waals surface area contributed by atoms with E-state index in [9.17, 15) is 13.2 Å². The van der Waals surface area contributed by atoms with Crippen LogP contribution in [0.2, 0.25) is 0 Å². The van der Waals surface area contributed by atoms with Gasteiger partial charge >= 0.3 is 0 Å². The maximum absolute atomic E-state index is 13.1. The fraction of sp³-hybridized carbons (Fsp3) is 0.429. The van der Waals surface area contributed by atoms with E-state index in [2.05, 4.69) is 10.3 Å². The highest BCUT2D eigenvalue weighted by atomic mass is 32.2. The number of rotatable bonds is 7. The van der Waals surface area contributed by atoms with Crippen molar-refractivity contribution in [2.45, 2.75) is 38.1 Å². The summed E-state index contributed by atoms with van der Waals surface area (Å²) in [6, 6.07) is 10.4. The van der Waals surface area contributed by atoms with Crippen LogP contribution >= 0.6 is 0 Å². The molecule has 29 heavy (non-hydrogen) atoms. The van der Waals surface area contributed by atoms with Crippen LogP contribution in [0, 0.1) is 12.8 Å².